The van der Waals surface area contributed by atoms with Gasteiger partial charge in [0.15, 0.2) is 0 Å². The first-order valence-electron chi connectivity index (χ1n) is 3.07. The number of allylic oxidation sites excluding steroid dienone is 3. The fraction of sp³-hybridized carbons (Fsp3) is 0.286. The summed E-state index contributed by atoms with van der Waals surface area (Å²) < 4.78 is 0. The summed E-state index contributed by atoms with van der Waals surface area (Å²) in [6, 6.07) is 0. The number of rotatable bonds is 0. The SMILES string of the molecule is C1=CC2=N[N]CC2=CC1. The first-order valence-corrected chi connectivity index (χ1v) is 3.07. The minimum atomic E-state index is 0.791. The number of hydrogen-bond donors (Lipinski definition) is 0. The van der Waals surface area contributed by atoms with E-state index < -0.39 is 0 Å². The second kappa shape index (κ2) is 1.72. The van der Waals surface area contributed by atoms with E-state index in [4.69, 9.17) is 0 Å². The van der Waals surface area contributed by atoms with Crippen molar-refractivity contribution in [2.24, 2.45) is 5.10 Å². The standard InChI is InChI=1S/C7H7N2/c1-2-4-7-6(3-1)5-8-9-7/h2-4H,1,5H2. The third-order valence-electron chi connectivity index (χ3n) is 1.52. The van der Waals surface area contributed by atoms with Crippen molar-refractivity contribution in [3.63, 3.8) is 0 Å². The highest BCUT2D eigenvalue weighted by atomic mass is 15.3. The molecule has 0 saturated heterocycles. The molecule has 0 N–H and O–H groups in total. The van der Waals surface area contributed by atoms with Crippen LogP contribution in [0.1, 0.15) is 6.42 Å². The molecule has 9 heavy (non-hydrogen) atoms. The molecule has 45 valence electrons. The van der Waals surface area contributed by atoms with Crippen LogP contribution in [0.25, 0.3) is 0 Å². The van der Waals surface area contributed by atoms with Crippen molar-refractivity contribution in [3.8, 4) is 0 Å². The molecule has 2 rings (SSSR count). The zero-order valence-electron chi connectivity index (χ0n) is 5.04. The monoisotopic (exact) mass is 119 g/mol. The maximum absolute atomic E-state index is 3.94. The van der Waals surface area contributed by atoms with Gasteiger partial charge in [0.25, 0.3) is 0 Å². The molecule has 0 fully saturated rings. The van der Waals surface area contributed by atoms with Crippen molar-refractivity contribution in [2.75, 3.05) is 6.54 Å². The summed E-state index contributed by atoms with van der Waals surface area (Å²) in [5.41, 5.74) is 6.24. The maximum atomic E-state index is 3.94. The van der Waals surface area contributed by atoms with Crippen LogP contribution in [0.3, 0.4) is 0 Å². The van der Waals surface area contributed by atoms with Crippen LogP contribution in [0.2, 0.25) is 0 Å². The number of nitrogens with zero attached hydrogens (tertiary/aromatic N) is 2. The van der Waals surface area contributed by atoms with Crippen LogP contribution < -0.4 is 5.43 Å². The summed E-state index contributed by atoms with van der Waals surface area (Å²) in [6.07, 6.45) is 7.36. The minimum absolute atomic E-state index is 0.791. The van der Waals surface area contributed by atoms with E-state index in [0.717, 1.165) is 18.7 Å². The Balaban J connectivity index is 2.37. The summed E-state index contributed by atoms with van der Waals surface area (Å²) in [7, 11) is 0. The summed E-state index contributed by atoms with van der Waals surface area (Å²) in [5, 5.41) is 3.94. The predicted octanol–water partition coefficient (Wildman–Crippen LogP) is 0.847. The van der Waals surface area contributed by atoms with E-state index in [0.29, 0.717) is 0 Å². The minimum Gasteiger partial charge on any atom is -0.184 e. The van der Waals surface area contributed by atoms with Crippen molar-refractivity contribution in [3.05, 3.63) is 23.8 Å². The lowest BCUT2D eigenvalue weighted by molar-refractivity contribution is 0.834. The van der Waals surface area contributed by atoms with Crippen molar-refractivity contribution in [1.82, 2.24) is 5.43 Å². The zero-order valence-corrected chi connectivity index (χ0v) is 5.04. The highest BCUT2D eigenvalue weighted by Crippen LogP contribution is 2.11. The molecule has 2 aliphatic rings. The summed E-state index contributed by atoms with van der Waals surface area (Å²) in [4.78, 5) is 0. The van der Waals surface area contributed by atoms with Crippen LogP contribution in [0.5, 0.6) is 0 Å². The molecule has 1 aliphatic carbocycles. The van der Waals surface area contributed by atoms with Crippen LogP contribution in [0, 0.1) is 0 Å². The Kier molecular flexibility index (Phi) is 0.918. The Morgan fingerprint density at radius 2 is 2.44 bits per heavy atom. The second-order valence-corrected chi connectivity index (χ2v) is 2.15. The van der Waals surface area contributed by atoms with Gasteiger partial charge < -0.3 is 0 Å². The van der Waals surface area contributed by atoms with E-state index >= 15 is 0 Å². The van der Waals surface area contributed by atoms with Gasteiger partial charge in [-0.1, -0.05) is 12.2 Å². The van der Waals surface area contributed by atoms with Gasteiger partial charge in [-0.15, -0.1) is 0 Å². The Labute approximate surface area is 54.0 Å². The summed E-state index contributed by atoms with van der Waals surface area (Å²) in [6.45, 7) is 0.791. The lowest BCUT2D eigenvalue weighted by atomic mass is 10.1. The van der Waals surface area contributed by atoms with Crippen molar-refractivity contribution in [2.45, 2.75) is 6.42 Å². The Bertz CT molecular complexity index is 211. The van der Waals surface area contributed by atoms with Crippen molar-refractivity contribution >= 4 is 5.71 Å². The average Bonchev–Trinajstić information content (AvgIpc) is 2.33. The molecule has 1 aliphatic heterocycles. The number of fused-ring (bicyclic) bond motifs is 1. The molecule has 1 radical (unpaired) electrons. The third kappa shape index (κ3) is 0.669. The van der Waals surface area contributed by atoms with Gasteiger partial charge >= 0.3 is 0 Å². The lowest BCUT2D eigenvalue weighted by Crippen LogP contribution is -2.00. The highest BCUT2D eigenvalue weighted by Gasteiger charge is 2.12. The average molecular weight is 119 g/mol. The first-order chi connectivity index (χ1) is 4.47. The molecular weight excluding hydrogens is 112 g/mol. The summed E-state index contributed by atoms with van der Waals surface area (Å²) in [5.74, 6) is 0. The molecule has 0 aromatic heterocycles. The third-order valence-corrected chi connectivity index (χ3v) is 1.52. The molecule has 0 aromatic carbocycles. The van der Waals surface area contributed by atoms with Gasteiger partial charge in [-0.2, -0.15) is 10.5 Å². The molecule has 0 unspecified atom stereocenters. The van der Waals surface area contributed by atoms with Gasteiger partial charge in [0.05, 0.1) is 12.3 Å². The van der Waals surface area contributed by atoms with Crippen LogP contribution in [0.15, 0.2) is 28.9 Å². The maximum Gasteiger partial charge on any atom is 0.0897 e. The fourth-order valence-electron chi connectivity index (χ4n) is 1.03. The molecular formula is C7H7N2. The Morgan fingerprint density at radius 1 is 1.44 bits per heavy atom. The largest absolute Gasteiger partial charge is 0.184 e. The second-order valence-electron chi connectivity index (χ2n) is 2.15. The lowest BCUT2D eigenvalue weighted by Gasteiger charge is -1.98. The summed E-state index contributed by atoms with van der Waals surface area (Å²) >= 11 is 0. The van der Waals surface area contributed by atoms with Gasteiger partial charge in [-0.05, 0) is 18.1 Å². The fourth-order valence-corrected chi connectivity index (χ4v) is 1.03. The van der Waals surface area contributed by atoms with Gasteiger partial charge in [0.1, 0.15) is 0 Å². The van der Waals surface area contributed by atoms with Crippen LogP contribution in [0.4, 0.5) is 0 Å². The van der Waals surface area contributed by atoms with Crippen molar-refractivity contribution < 1.29 is 0 Å². The van der Waals surface area contributed by atoms with Gasteiger partial charge in [-0.3, -0.25) is 0 Å². The molecule has 0 amide bonds. The molecule has 0 bridgehead atoms. The van der Waals surface area contributed by atoms with Crippen LogP contribution in [-0.4, -0.2) is 12.3 Å². The molecule has 2 nitrogen and oxygen atoms in total. The number of hydrogen-bond acceptors (Lipinski definition) is 1. The first kappa shape index (κ1) is 4.79. The molecule has 0 saturated carbocycles. The topological polar surface area (TPSA) is 26.5 Å². The smallest absolute Gasteiger partial charge is 0.0897 e. The highest BCUT2D eigenvalue weighted by molar-refractivity contribution is 6.10. The van der Waals surface area contributed by atoms with E-state index in [1.54, 1.807) is 0 Å². The molecule has 1 heterocycles. The van der Waals surface area contributed by atoms with Gasteiger partial charge in [0.2, 0.25) is 0 Å². The quantitative estimate of drug-likeness (QED) is 0.452. The molecule has 0 atom stereocenters. The van der Waals surface area contributed by atoms with Gasteiger partial charge in [-0.25, -0.2) is 0 Å². The zero-order chi connectivity index (χ0) is 6.10. The van der Waals surface area contributed by atoms with Gasteiger partial charge in [0, 0.05) is 0 Å². The van der Waals surface area contributed by atoms with E-state index in [-0.39, 0.29) is 0 Å². The predicted molar refractivity (Wildman–Crippen MR) is 36.3 cm³/mol. The normalized spacial score (nSPS) is 22.2. The van der Waals surface area contributed by atoms with E-state index in [9.17, 15) is 0 Å². The van der Waals surface area contributed by atoms with Crippen LogP contribution >= 0.6 is 0 Å². The molecule has 2 heteroatoms. The van der Waals surface area contributed by atoms with E-state index in [1.807, 2.05) is 6.08 Å². The van der Waals surface area contributed by atoms with Crippen molar-refractivity contribution in [1.29, 1.82) is 0 Å². The van der Waals surface area contributed by atoms with E-state index in [1.165, 1.54) is 5.57 Å². The molecule has 0 spiro atoms. The Morgan fingerprint density at radius 3 is 3.33 bits per heavy atom. The van der Waals surface area contributed by atoms with E-state index in [2.05, 4.69) is 22.7 Å². The Hall–Kier alpha value is -1.05. The van der Waals surface area contributed by atoms with Crippen LogP contribution in [-0.2, 0) is 0 Å². The molecule has 0 aromatic rings.